The summed E-state index contributed by atoms with van der Waals surface area (Å²) in [5.41, 5.74) is 0.894. The van der Waals surface area contributed by atoms with Crippen LogP contribution in [0.2, 0.25) is 0 Å². The van der Waals surface area contributed by atoms with Gasteiger partial charge in [0.1, 0.15) is 0 Å². The first-order valence-electron chi connectivity index (χ1n) is 11.9. The summed E-state index contributed by atoms with van der Waals surface area (Å²) in [4.78, 5) is 23.0. The minimum Gasteiger partial charge on any atom is -0.379 e. The van der Waals surface area contributed by atoms with Crippen LogP contribution in [0.1, 0.15) is 44.7 Å². The van der Waals surface area contributed by atoms with Crippen molar-refractivity contribution in [1.29, 1.82) is 0 Å². The summed E-state index contributed by atoms with van der Waals surface area (Å²) in [6, 6.07) is 6.65. The highest BCUT2D eigenvalue weighted by molar-refractivity contribution is 5.83. The molecule has 1 aromatic heterocycles. The molecule has 1 saturated carbocycles. The number of nitrogens with one attached hydrogen (secondary N) is 1. The van der Waals surface area contributed by atoms with Crippen LogP contribution in [-0.4, -0.2) is 79.2 Å². The Labute approximate surface area is 181 Å². The molecule has 0 spiro atoms. The monoisotopic (exact) mass is 414 g/mol. The Morgan fingerprint density at radius 1 is 1.27 bits per heavy atom. The molecule has 166 valence electrons. The summed E-state index contributed by atoms with van der Waals surface area (Å²) < 4.78 is 5.55. The highest BCUT2D eigenvalue weighted by Gasteiger charge is 2.52. The number of amides is 1. The molecule has 4 rings (SSSR count). The zero-order valence-electron chi connectivity index (χ0n) is 18.5. The second kappa shape index (κ2) is 10.2. The number of piperidine rings is 1. The number of carbonyl (C=O) groups excluding carboxylic acids is 1. The number of aromatic nitrogens is 1. The van der Waals surface area contributed by atoms with E-state index in [4.69, 9.17) is 4.74 Å². The van der Waals surface area contributed by atoms with Crippen molar-refractivity contribution in [2.45, 2.75) is 51.5 Å². The molecule has 30 heavy (non-hydrogen) atoms. The number of hydrogen-bond acceptors (Lipinski definition) is 5. The van der Waals surface area contributed by atoms with E-state index in [1.807, 2.05) is 18.3 Å². The number of rotatable bonds is 7. The van der Waals surface area contributed by atoms with E-state index in [2.05, 4.69) is 33.1 Å². The lowest BCUT2D eigenvalue weighted by Crippen LogP contribution is -2.60. The van der Waals surface area contributed by atoms with Crippen molar-refractivity contribution in [1.82, 2.24) is 20.1 Å². The van der Waals surface area contributed by atoms with Gasteiger partial charge in [-0.15, -0.1) is 0 Å². The molecule has 3 fully saturated rings. The van der Waals surface area contributed by atoms with Gasteiger partial charge in [-0.1, -0.05) is 13.0 Å². The standard InChI is InChI=1S/C24H38N4O2/c1-2-27-13-9-20-18-22(28-14-16-30-17-15-28)8-10-24(20,19-27)23(29)26-12-5-7-21-6-3-4-11-25-21/h3-4,6,11,20,22H,2,5,7-10,12-19H2,1H3,(H,26,29)/t20-,22+,24-/m1/s1. The lowest BCUT2D eigenvalue weighted by molar-refractivity contribution is -0.144. The molecule has 0 radical (unpaired) electrons. The Morgan fingerprint density at radius 2 is 2.13 bits per heavy atom. The van der Waals surface area contributed by atoms with Crippen molar-refractivity contribution in [3.63, 3.8) is 0 Å². The largest absolute Gasteiger partial charge is 0.379 e. The van der Waals surface area contributed by atoms with Gasteiger partial charge in [-0.25, -0.2) is 0 Å². The average molecular weight is 415 g/mol. The third kappa shape index (κ3) is 4.87. The lowest BCUT2D eigenvalue weighted by atomic mass is 9.61. The molecule has 3 atom stereocenters. The van der Waals surface area contributed by atoms with Crippen LogP contribution in [0.25, 0.3) is 0 Å². The summed E-state index contributed by atoms with van der Waals surface area (Å²) in [5, 5.41) is 3.32. The Bertz CT molecular complexity index is 679. The molecule has 6 heteroatoms. The second-order valence-corrected chi connectivity index (χ2v) is 9.27. The van der Waals surface area contributed by atoms with E-state index in [-0.39, 0.29) is 5.41 Å². The SMILES string of the molecule is CCN1CC[C@@H]2C[C@@H](N3CCOCC3)CC[C@@]2(C(=O)NCCCc2ccccn2)C1. The molecule has 2 saturated heterocycles. The Balaban J connectivity index is 1.36. The van der Waals surface area contributed by atoms with Gasteiger partial charge in [0.05, 0.1) is 18.6 Å². The van der Waals surface area contributed by atoms with E-state index >= 15 is 0 Å². The lowest BCUT2D eigenvalue weighted by Gasteiger charge is -2.53. The Hall–Kier alpha value is -1.50. The fourth-order valence-corrected chi connectivity index (χ4v) is 5.83. The van der Waals surface area contributed by atoms with Gasteiger partial charge in [0.15, 0.2) is 0 Å². The van der Waals surface area contributed by atoms with Crippen LogP contribution in [-0.2, 0) is 16.0 Å². The molecule has 0 aromatic carbocycles. The molecular formula is C24H38N4O2. The highest BCUT2D eigenvalue weighted by atomic mass is 16.5. The van der Waals surface area contributed by atoms with E-state index in [0.717, 1.165) is 90.3 Å². The molecule has 3 aliphatic rings. The predicted molar refractivity (Wildman–Crippen MR) is 118 cm³/mol. The summed E-state index contributed by atoms with van der Waals surface area (Å²) >= 11 is 0. The van der Waals surface area contributed by atoms with Crippen LogP contribution in [0.3, 0.4) is 0 Å². The van der Waals surface area contributed by atoms with Gasteiger partial charge < -0.3 is 15.0 Å². The summed E-state index contributed by atoms with van der Waals surface area (Å²) in [6.07, 6.45) is 8.16. The number of morpholine rings is 1. The van der Waals surface area contributed by atoms with Gasteiger partial charge in [0.2, 0.25) is 5.91 Å². The minimum absolute atomic E-state index is 0.206. The van der Waals surface area contributed by atoms with E-state index < -0.39 is 0 Å². The molecule has 3 heterocycles. The minimum atomic E-state index is -0.206. The number of fused-ring (bicyclic) bond motifs is 1. The number of nitrogens with zero attached hydrogens (tertiary/aromatic N) is 3. The van der Waals surface area contributed by atoms with Crippen molar-refractivity contribution in [3.05, 3.63) is 30.1 Å². The first-order chi connectivity index (χ1) is 14.7. The van der Waals surface area contributed by atoms with Crippen LogP contribution >= 0.6 is 0 Å². The van der Waals surface area contributed by atoms with E-state index in [1.54, 1.807) is 0 Å². The van der Waals surface area contributed by atoms with Crippen LogP contribution < -0.4 is 5.32 Å². The maximum atomic E-state index is 13.5. The number of aryl methyl sites for hydroxylation is 1. The van der Waals surface area contributed by atoms with Gasteiger partial charge in [0, 0.05) is 44.1 Å². The molecule has 1 N–H and O–H groups in total. The van der Waals surface area contributed by atoms with Crippen LogP contribution in [0.4, 0.5) is 0 Å². The molecule has 1 amide bonds. The first kappa shape index (κ1) is 21.7. The topological polar surface area (TPSA) is 57.7 Å². The predicted octanol–water partition coefficient (Wildman–Crippen LogP) is 2.34. The zero-order valence-corrected chi connectivity index (χ0v) is 18.5. The first-order valence-corrected chi connectivity index (χ1v) is 11.9. The smallest absolute Gasteiger partial charge is 0.227 e. The second-order valence-electron chi connectivity index (χ2n) is 9.27. The van der Waals surface area contributed by atoms with Crippen LogP contribution in [0, 0.1) is 11.3 Å². The van der Waals surface area contributed by atoms with Gasteiger partial charge >= 0.3 is 0 Å². The van der Waals surface area contributed by atoms with Crippen molar-refractivity contribution >= 4 is 5.91 Å². The normalized spacial score (nSPS) is 30.6. The molecular weight excluding hydrogens is 376 g/mol. The summed E-state index contributed by atoms with van der Waals surface area (Å²) in [7, 11) is 0. The van der Waals surface area contributed by atoms with Crippen molar-refractivity contribution in [2.75, 3.05) is 52.5 Å². The molecule has 0 bridgehead atoms. The van der Waals surface area contributed by atoms with Crippen LogP contribution in [0.15, 0.2) is 24.4 Å². The van der Waals surface area contributed by atoms with E-state index in [0.29, 0.717) is 17.9 Å². The van der Waals surface area contributed by atoms with Crippen molar-refractivity contribution in [3.8, 4) is 0 Å². The van der Waals surface area contributed by atoms with E-state index in [1.165, 1.54) is 6.42 Å². The van der Waals surface area contributed by atoms with Crippen molar-refractivity contribution < 1.29 is 9.53 Å². The number of carbonyl (C=O) groups is 1. The molecule has 1 aromatic rings. The summed E-state index contributed by atoms with van der Waals surface area (Å²) in [6.45, 7) is 9.85. The number of pyridine rings is 1. The van der Waals surface area contributed by atoms with E-state index in [9.17, 15) is 4.79 Å². The van der Waals surface area contributed by atoms with Gasteiger partial charge in [-0.05, 0) is 69.7 Å². The molecule has 2 aliphatic heterocycles. The van der Waals surface area contributed by atoms with Gasteiger partial charge in [0.25, 0.3) is 0 Å². The number of ether oxygens (including phenoxy) is 1. The fourth-order valence-electron chi connectivity index (χ4n) is 5.83. The molecule has 6 nitrogen and oxygen atoms in total. The zero-order chi connectivity index (χ0) is 20.8. The van der Waals surface area contributed by atoms with Gasteiger partial charge in [-0.2, -0.15) is 0 Å². The fraction of sp³-hybridized carbons (Fsp3) is 0.750. The molecule has 1 aliphatic carbocycles. The maximum Gasteiger partial charge on any atom is 0.227 e. The third-order valence-electron chi connectivity index (χ3n) is 7.64. The molecule has 0 unspecified atom stereocenters. The number of hydrogen-bond donors (Lipinski definition) is 1. The summed E-state index contributed by atoms with van der Waals surface area (Å²) in [5.74, 6) is 0.796. The Morgan fingerprint density at radius 3 is 2.90 bits per heavy atom. The van der Waals surface area contributed by atoms with Crippen molar-refractivity contribution in [2.24, 2.45) is 11.3 Å². The third-order valence-corrected chi connectivity index (χ3v) is 7.64. The highest BCUT2D eigenvalue weighted by Crippen LogP contribution is 2.47. The Kier molecular flexibility index (Phi) is 7.39. The quantitative estimate of drug-likeness (QED) is 0.694. The maximum absolute atomic E-state index is 13.5. The average Bonchev–Trinajstić information content (AvgIpc) is 2.82. The van der Waals surface area contributed by atoms with Crippen LogP contribution in [0.5, 0.6) is 0 Å². The number of likely N-dealkylation sites (tertiary alicyclic amines) is 1. The van der Waals surface area contributed by atoms with Gasteiger partial charge in [-0.3, -0.25) is 14.7 Å².